The molecule has 2 aromatic carbocycles. The Morgan fingerprint density at radius 2 is 1.82 bits per heavy atom. The Labute approximate surface area is 196 Å². The zero-order valence-electron chi connectivity index (χ0n) is 17.4. The van der Waals surface area contributed by atoms with Crippen LogP contribution in [0.4, 0.5) is 20.2 Å². The number of benzene rings is 2. The molecule has 33 heavy (non-hydrogen) atoms. The summed E-state index contributed by atoms with van der Waals surface area (Å²) in [7, 11) is 2.80. The van der Waals surface area contributed by atoms with Crippen molar-refractivity contribution in [2.45, 2.75) is 17.2 Å². The van der Waals surface area contributed by atoms with Crippen molar-refractivity contribution in [1.82, 2.24) is 4.90 Å². The number of anilines is 1. The van der Waals surface area contributed by atoms with E-state index >= 15 is 0 Å². The minimum Gasteiger partial charge on any atom is -0.465 e. The van der Waals surface area contributed by atoms with Gasteiger partial charge in [-0.25, -0.2) is 9.79 Å². The van der Waals surface area contributed by atoms with E-state index in [1.807, 2.05) is 0 Å². The van der Waals surface area contributed by atoms with E-state index in [0.717, 1.165) is 11.8 Å². The first-order valence-corrected chi connectivity index (χ1v) is 10.7. The number of rotatable bonds is 6. The van der Waals surface area contributed by atoms with Crippen molar-refractivity contribution in [1.29, 1.82) is 0 Å². The van der Waals surface area contributed by atoms with Crippen molar-refractivity contribution in [3.05, 3.63) is 54.1 Å². The van der Waals surface area contributed by atoms with Crippen LogP contribution in [0.1, 0.15) is 16.8 Å². The third-order valence-corrected chi connectivity index (χ3v) is 5.75. The highest BCUT2D eigenvalue weighted by atomic mass is 35.5. The molecule has 0 spiro atoms. The molecule has 8 nitrogen and oxygen atoms in total. The van der Waals surface area contributed by atoms with Crippen LogP contribution in [0.15, 0.2) is 53.5 Å². The summed E-state index contributed by atoms with van der Waals surface area (Å²) < 4.78 is 34.3. The number of aliphatic imine (C=N–C) groups is 1. The molecule has 0 bridgehead atoms. The first-order valence-electron chi connectivity index (χ1n) is 9.42. The third-order valence-electron chi connectivity index (χ3n) is 4.43. The summed E-state index contributed by atoms with van der Waals surface area (Å²) in [5.74, 6) is -1.38. The van der Waals surface area contributed by atoms with Gasteiger partial charge < -0.3 is 14.8 Å². The van der Waals surface area contributed by atoms with Gasteiger partial charge in [-0.3, -0.25) is 14.5 Å². The second-order valence-corrected chi connectivity index (χ2v) is 8.37. The lowest BCUT2D eigenvalue weighted by molar-refractivity contribution is -0.128. The van der Waals surface area contributed by atoms with Crippen LogP contribution in [0.5, 0.6) is 5.75 Å². The van der Waals surface area contributed by atoms with E-state index < -0.39 is 22.7 Å². The SMILES string of the molecule is COC(=O)c1ccc(NC(=O)C2CC(=O)N(C)C(=Nc3ccc(OC(F)(F)Cl)cc3)S2)cc1. The van der Waals surface area contributed by atoms with Crippen molar-refractivity contribution in [2.75, 3.05) is 19.5 Å². The number of hydrogen-bond donors (Lipinski definition) is 1. The van der Waals surface area contributed by atoms with Crippen LogP contribution < -0.4 is 10.1 Å². The summed E-state index contributed by atoms with van der Waals surface area (Å²) in [6.07, 6.45) is -0.0379. The molecule has 3 rings (SSSR count). The number of amides is 2. The molecule has 0 aromatic heterocycles. The molecule has 1 aliphatic rings. The number of alkyl halides is 3. The Bertz CT molecular complexity index is 1070. The molecule has 1 N–H and O–H groups in total. The first-order chi connectivity index (χ1) is 15.6. The van der Waals surface area contributed by atoms with E-state index in [1.165, 1.54) is 55.5 Å². The number of amidine groups is 1. The maximum absolute atomic E-state index is 12.7. The Balaban J connectivity index is 1.70. The zero-order chi connectivity index (χ0) is 24.2. The van der Waals surface area contributed by atoms with Crippen LogP contribution in [-0.4, -0.2) is 52.8 Å². The van der Waals surface area contributed by atoms with Gasteiger partial charge in [-0.15, -0.1) is 8.78 Å². The van der Waals surface area contributed by atoms with Gasteiger partial charge in [-0.2, -0.15) is 0 Å². The molecule has 0 aliphatic carbocycles. The van der Waals surface area contributed by atoms with Crippen molar-refractivity contribution < 1.29 is 32.6 Å². The smallest absolute Gasteiger partial charge is 0.465 e. The Morgan fingerprint density at radius 1 is 1.18 bits per heavy atom. The molecule has 174 valence electrons. The summed E-state index contributed by atoms with van der Waals surface area (Å²) in [6, 6.07) is 11.5. The van der Waals surface area contributed by atoms with Gasteiger partial charge in [0.25, 0.3) is 0 Å². The van der Waals surface area contributed by atoms with Crippen molar-refractivity contribution in [2.24, 2.45) is 4.99 Å². The van der Waals surface area contributed by atoms with E-state index in [4.69, 9.17) is 11.6 Å². The molecule has 1 unspecified atom stereocenters. The second-order valence-electron chi connectivity index (χ2n) is 6.76. The molecule has 1 aliphatic heterocycles. The highest BCUT2D eigenvalue weighted by Gasteiger charge is 2.34. The molecule has 1 atom stereocenters. The Kier molecular flexibility index (Phi) is 7.54. The Morgan fingerprint density at radius 3 is 2.39 bits per heavy atom. The predicted octanol–water partition coefficient (Wildman–Crippen LogP) is 4.23. The van der Waals surface area contributed by atoms with Gasteiger partial charge in [0.05, 0.1) is 18.4 Å². The minimum absolute atomic E-state index is 0.0379. The number of esters is 1. The topological polar surface area (TPSA) is 97.3 Å². The van der Waals surface area contributed by atoms with Gasteiger partial charge in [0.15, 0.2) is 5.17 Å². The summed E-state index contributed by atoms with van der Waals surface area (Å²) in [6.45, 7) is 0. The Hall–Kier alpha value is -3.18. The van der Waals surface area contributed by atoms with E-state index in [0.29, 0.717) is 16.9 Å². The van der Waals surface area contributed by atoms with E-state index in [9.17, 15) is 23.2 Å². The maximum Gasteiger partial charge on any atom is 0.487 e. The molecule has 1 saturated heterocycles. The van der Waals surface area contributed by atoms with Gasteiger partial charge >= 0.3 is 11.5 Å². The number of carbonyl (C=O) groups excluding carboxylic acids is 3. The van der Waals surface area contributed by atoms with Crippen LogP contribution in [0.3, 0.4) is 0 Å². The molecule has 12 heteroatoms. The summed E-state index contributed by atoms with van der Waals surface area (Å²) in [5.41, 5.74) is -2.69. The van der Waals surface area contributed by atoms with Crippen LogP contribution in [-0.2, 0) is 14.3 Å². The number of halogens is 3. The fraction of sp³-hybridized carbons (Fsp3) is 0.238. The van der Waals surface area contributed by atoms with Crippen LogP contribution in [0.2, 0.25) is 0 Å². The van der Waals surface area contributed by atoms with Crippen LogP contribution >= 0.6 is 23.4 Å². The normalized spacial score (nSPS) is 17.6. The van der Waals surface area contributed by atoms with Gasteiger partial charge in [0.2, 0.25) is 11.8 Å². The average molecular weight is 498 g/mol. The lowest BCUT2D eigenvalue weighted by Gasteiger charge is -2.28. The lowest BCUT2D eigenvalue weighted by Crippen LogP contribution is -2.43. The van der Waals surface area contributed by atoms with Crippen molar-refractivity contribution in [3.63, 3.8) is 0 Å². The largest absolute Gasteiger partial charge is 0.487 e. The predicted molar refractivity (Wildman–Crippen MR) is 120 cm³/mol. The van der Waals surface area contributed by atoms with Gasteiger partial charge in [0.1, 0.15) is 11.0 Å². The number of nitrogens with one attached hydrogen (secondary N) is 1. The van der Waals surface area contributed by atoms with Crippen LogP contribution in [0.25, 0.3) is 0 Å². The third kappa shape index (κ3) is 6.65. The molecule has 0 radical (unpaired) electrons. The van der Waals surface area contributed by atoms with E-state index in [1.54, 1.807) is 12.1 Å². The van der Waals surface area contributed by atoms with Crippen molar-refractivity contribution in [3.8, 4) is 5.75 Å². The second kappa shape index (κ2) is 10.2. The average Bonchev–Trinajstić information content (AvgIpc) is 2.77. The lowest BCUT2D eigenvalue weighted by atomic mass is 10.2. The molecule has 1 fully saturated rings. The molecular weight excluding hydrogens is 480 g/mol. The zero-order valence-corrected chi connectivity index (χ0v) is 19.0. The van der Waals surface area contributed by atoms with Crippen LogP contribution in [0, 0.1) is 0 Å². The molecular formula is C21H18ClF2N3O5S. The highest BCUT2D eigenvalue weighted by molar-refractivity contribution is 8.15. The molecule has 0 saturated carbocycles. The maximum atomic E-state index is 12.7. The summed E-state index contributed by atoms with van der Waals surface area (Å²) in [4.78, 5) is 42.3. The first kappa shape index (κ1) is 24.5. The van der Waals surface area contributed by atoms with E-state index in [2.05, 4.69) is 19.8 Å². The summed E-state index contributed by atoms with van der Waals surface area (Å²) >= 11 is 5.83. The number of ether oxygens (including phenoxy) is 2. The fourth-order valence-electron chi connectivity index (χ4n) is 2.76. The van der Waals surface area contributed by atoms with Crippen molar-refractivity contribution >= 4 is 57.7 Å². The van der Waals surface area contributed by atoms with Gasteiger partial charge in [-0.05, 0) is 48.5 Å². The summed E-state index contributed by atoms with van der Waals surface area (Å²) in [5, 5.41) is 2.23. The number of methoxy groups -OCH3 is 1. The molecule has 1 heterocycles. The number of hydrogen-bond acceptors (Lipinski definition) is 7. The minimum atomic E-state index is -3.83. The fourth-order valence-corrected chi connectivity index (χ4v) is 3.91. The number of nitrogens with zero attached hydrogens (tertiary/aromatic N) is 2. The quantitative estimate of drug-likeness (QED) is 0.474. The highest BCUT2D eigenvalue weighted by Crippen LogP contribution is 2.31. The molecule has 2 amide bonds. The van der Waals surface area contributed by atoms with E-state index in [-0.39, 0.29) is 23.2 Å². The number of carbonyl (C=O) groups is 3. The monoisotopic (exact) mass is 497 g/mol. The van der Waals surface area contributed by atoms with Gasteiger partial charge in [0, 0.05) is 30.8 Å². The number of thioether (sulfide) groups is 1. The molecule has 2 aromatic rings. The van der Waals surface area contributed by atoms with Gasteiger partial charge in [-0.1, -0.05) is 11.8 Å². The standard InChI is InChI=1S/C21H18ClF2N3O5S/c1-27-17(28)11-16(18(29)25-13-5-3-12(4-6-13)19(30)31-2)33-20(27)26-14-7-9-15(10-8-14)32-21(22,23)24/h3-10,16H,11H2,1-2H3,(H,25,29).